The molecule has 2 aliphatic rings. The average Bonchev–Trinajstić information content (AvgIpc) is 3.37. The number of hydrogen-bond donors (Lipinski definition) is 0. The number of nitrogens with zero attached hydrogens (tertiary/aromatic N) is 2. The number of Topliss-reactive ketones (excluding diaryl/α,β-unsaturated/α-hetero) is 1. The van der Waals surface area contributed by atoms with Crippen molar-refractivity contribution in [2.24, 2.45) is 5.41 Å². The first-order chi connectivity index (χ1) is 15.5. The van der Waals surface area contributed by atoms with Crippen LogP contribution in [0.25, 0.3) is 0 Å². The number of likely N-dealkylation sites (tertiary alicyclic amines) is 2. The Hall–Kier alpha value is -2.23. The van der Waals surface area contributed by atoms with Crippen LogP contribution >= 0.6 is 22.9 Å². The van der Waals surface area contributed by atoms with E-state index in [1.54, 1.807) is 29.2 Å². The van der Waals surface area contributed by atoms with E-state index in [2.05, 4.69) is 0 Å². The molecule has 0 N–H and O–H groups in total. The Labute approximate surface area is 202 Å². The molecular weight excluding hydrogens is 484 g/mol. The van der Waals surface area contributed by atoms with Gasteiger partial charge in [-0.25, -0.2) is 8.42 Å². The van der Waals surface area contributed by atoms with Gasteiger partial charge < -0.3 is 9.80 Å². The number of rotatable bonds is 4. The molecule has 0 bridgehead atoms. The van der Waals surface area contributed by atoms with Crippen LogP contribution < -0.4 is 0 Å². The first-order valence-electron chi connectivity index (χ1n) is 10.7. The van der Waals surface area contributed by atoms with Crippen molar-refractivity contribution >= 4 is 50.4 Å². The molecule has 2 aliphatic heterocycles. The lowest BCUT2D eigenvalue weighted by Gasteiger charge is -2.39. The summed E-state index contributed by atoms with van der Waals surface area (Å²) < 4.78 is 23.7. The highest BCUT2D eigenvalue weighted by Crippen LogP contribution is 2.42. The molecule has 3 heterocycles. The SMILES string of the molecule is CC(=O)c1ccc(C(=O)N2CCC3(CC2)CCN(C(=O)c2scc(S(C)(=O)=O)c2Cl)C3)cc1. The Kier molecular flexibility index (Phi) is 6.41. The molecule has 10 heteroatoms. The van der Waals surface area contributed by atoms with Gasteiger partial charge in [-0.2, -0.15) is 0 Å². The quantitative estimate of drug-likeness (QED) is 0.586. The second-order valence-electron chi connectivity index (χ2n) is 8.92. The van der Waals surface area contributed by atoms with Gasteiger partial charge >= 0.3 is 0 Å². The van der Waals surface area contributed by atoms with Crippen LogP contribution in [0.2, 0.25) is 5.02 Å². The summed E-state index contributed by atoms with van der Waals surface area (Å²) in [5.41, 5.74) is 1.09. The molecule has 2 aromatic rings. The number of hydrogen-bond acceptors (Lipinski definition) is 6. The van der Waals surface area contributed by atoms with Crippen LogP contribution in [0.3, 0.4) is 0 Å². The Balaban J connectivity index is 1.39. The summed E-state index contributed by atoms with van der Waals surface area (Å²) >= 11 is 7.28. The number of carbonyl (C=O) groups is 3. The van der Waals surface area contributed by atoms with Crippen molar-refractivity contribution in [3.63, 3.8) is 0 Å². The minimum Gasteiger partial charge on any atom is -0.339 e. The van der Waals surface area contributed by atoms with Gasteiger partial charge in [-0.3, -0.25) is 14.4 Å². The lowest BCUT2D eigenvalue weighted by molar-refractivity contribution is 0.0566. The maximum absolute atomic E-state index is 13.0. The molecule has 2 saturated heterocycles. The van der Waals surface area contributed by atoms with Gasteiger partial charge in [0.1, 0.15) is 4.88 Å². The van der Waals surface area contributed by atoms with Crippen LogP contribution in [-0.2, 0) is 9.84 Å². The van der Waals surface area contributed by atoms with E-state index in [9.17, 15) is 22.8 Å². The van der Waals surface area contributed by atoms with Gasteiger partial charge in [0.05, 0.1) is 9.92 Å². The summed E-state index contributed by atoms with van der Waals surface area (Å²) in [5, 5.41) is 1.42. The summed E-state index contributed by atoms with van der Waals surface area (Å²) in [6, 6.07) is 6.72. The van der Waals surface area contributed by atoms with Gasteiger partial charge in [0, 0.05) is 48.9 Å². The predicted octanol–water partition coefficient (Wildman–Crippen LogP) is 3.78. The highest BCUT2D eigenvalue weighted by molar-refractivity contribution is 7.91. The van der Waals surface area contributed by atoms with Crippen LogP contribution in [0.4, 0.5) is 0 Å². The Bertz CT molecular complexity index is 1210. The molecule has 1 aromatic carbocycles. The fourth-order valence-corrected chi connectivity index (χ4v) is 7.47. The molecule has 2 fully saturated rings. The van der Waals surface area contributed by atoms with Crippen LogP contribution in [-0.4, -0.2) is 68.3 Å². The minimum absolute atomic E-state index is 0.00431. The average molecular weight is 509 g/mol. The first-order valence-corrected chi connectivity index (χ1v) is 13.8. The van der Waals surface area contributed by atoms with Crippen molar-refractivity contribution in [1.82, 2.24) is 9.80 Å². The maximum Gasteiger partial charge on any atom is 0.265 e. The van der Waals surface area contributed by atoms with Crippen LogP contribution in [0.1, 0.15) is 56.6 Å². The lowest BCUT2D eigenvalue weighted by Crippen LogP contribution is -2.44. The van der Waals surface area contributed by atoms with E-state index < -0.39 is 9.84 Å². The number of piperidine rings is 1. The van der Waals surface area contributed by atoms with Gasteiger partial charge in [0.25, 0.3) is 11.8 Å². The normalized spacial score (nSPS) is 18.0. The molecule has 2 amide bonds. The Morgan fingerprint density at radius 1 is 0.939 bits per heavy atom. The lowest BCUT2D eigenvalue weighted by atomic mass is 9.77. The van der Waals surface area contributed by atoms with Crippen molar-refractivity contribution < 1.29 is 22.8 Å². The largest absolute Gasteiger partial charge is 0.339 e. The molecule has 33 heavy (non-hydrogen) atoms. The van der Waals surface area contributed by atoms with E-state index in [0.29, 0.717) is 37.3 Å². The summed E-state index contributed by atoms with van der Waals surface area (Å²) in [7, 11) is -3.49. The molecular formula is C23H25ClN2O5S2. The monoisotopic (exact) mass is 508 g/mol. The van der Waals surface area contributed by atoms with Crippen LogP contribution in [0, 0.1) is 5.41 Å². The first kappa shape index (κ1) is 23.9. The minimum atomic E-state index is -3.49. The van der Waals surface area contributed by atoms with Gasteiger partial charge in [0.15, 0.2) is 15.6 Å². The van der Waals surface area contributed by atoms with Crippen molar-refractivity contribution in [1.29, 1.82) is 0 Å². The molecule has 1 aromatic heterocycles. The van der Waals surface area contributed by atoms with Gasteiger partial charge in [-0.15, -0.1) is 11.3 Å². The molecule has 0 radical (unpaired) electrons. The van der Waals surface area contributed by atoms with E-state index >= 15 is 0 Å². The Morgan fingerprint density at radius 2 is 1.48 bits per heavy atom. The number of sulfone groups is 1. The van der Waals surface area contributed by atoms with E-state index in [4.69, 9.17) is 11.6 Å². The van der Waals surface area contributed by atoms with Crippen molar-refractivity contribution in [2.75, 3.05) is 32.4 Å². The second-order valence-corrected chi connectivity index (χ2v) is 12.2. The topological polar surface area (TPSA) is 91.8 Å². The molecule has 0 saturated carbocycles. The highest BCUT2D eigenvalue weighted by Gasteiger charge is 2.43. The van der Waals surface area contributed by atoms with E-state index in [-0.39, 0.29) is 37.8 Å². The van der Waals surface area contributed by atoms with Crippen molar-refractivity contribution in [3.8, 4) is 0 Å². The highest BCUT2D eigenvalue weighted by atomic mass is 35.5. The number of thiophene rings is 1. The number of carbonyl (C=O) groups excluding carboxylic acids is 3. The summed E-state index contributed by atoms with van der Waals surface area (Å²) in [5.74, 6) is -0.323. The summed E-state index contributed by atoms with van der Waals surface area (Å²) in [4.78, 5) is 41.2. The van der Waals surface area contributed by atoms with Crippen LogP contribution in [0.5, 0.6) is 0 Å². The summed E-state index contributed by atoms with van der Waals surface area (Å²) in [6.45, 7) is 3.86. The second kappa shape index (κ2) is 8.85. The third kappa shape index (κ3) is 4.72. The zero-order valence-corrected chi connectivity index (χ0v) is 20.9. The third-order valence-corrected chi connectivity index (χ3v) is 9.52. The molecule has 7 nitrogen and oxygen atoms in total. The van der Waals surface area contributed by atoms with Crippen LogP contribution in [0.15, 0.2) is 34.5 Å². The molecule has 0 atom stereocenters. The van der Waals surface area contributed by atoms with E-state index in [1.807, 2.05) is 4.90 Å². The fourth-order valence-electron chi connectivity index (χ4n) is 4.60. The third-order valence-electron chi connectivity index (χ3n) is 6.67. The van der Waals surface area contributed by atoms with Gasteiger partial charge in [-0.05, 0) is 43.7 Å². The molecule has 1 spiro atoms. The predicted molar refractivity (Wildman–Crippen MR) is 127 cm³/mol. The molecule has 0 unspecified atom stereocenters. The zero-order valence-electron chi connectivity index (χ0n) is 18.5. The molecule has 0 aliphatic carbocycles. The molecule has 176 valence electrons. The number of ketones is 1. The summed E-state index contributed by atoms with van der Waals surface area (Å²) in [6.07, 6.45) is 3.50. The maximum atomic E-state index is 13.0. The zero-order chi connectivity index (χ0) is 24.0. The fraction of sp³-hybridized carbons (Fsp3) is 0.435. The van der Waals surface area contributed by atoms with E-state index in [0.717, 1.165) is 36.9 Å². The molecule has 4 rings (SSSR count). The van der Waals surface area contributed by atoms with Gasteiger partial charge in [-0.1, -0.05) is 23.7 Å². The van der Waals surface area contributed by atoms with E-state index in [1.165, 1.54) is 12.3 Å². The smallest absolute Gasteiger partial charge is 0.265 e. The number of benzene rings is 1. The number of halogens is 1. The van der Waals surface area contributed by atoms with Crippen molar-refractivity contribution in [3.05, 3.63) is 50.7 Å². The standard InChI is InChI=1S/C23H25ClN2O5S2/c1-15(27)16-3-5-17(6-4-16)21(28)25-10-7-23(8-11-25)9-12-26(14-23)22(29)20-19(24)18(13-32-20)33(2,30)31/h3-6,13H,7-12,14H2,1-2H3. The van der Waals surface area contributed by atoms with Crippen molar-refractivity contribution in [2.45, 2.75) is 31.1 Å². The number of amides is 2. The Morgan fingerprint density at radius 3 is 2.00 bits per heavy atom. The van der Waals surface area contributed by atoms with Gasteiger partial charge in [0.2, 0.25) is 0 Å².